The SMILES string of the molecule is COc1ncc(-c2cc(=O)c3cc(C)cc(C(C)c4cccc(C(=O)O)c4N)c3o2)cn1. The molecule has 8 heteroatoms. The number of aromatic carboxylic acids is 1. The Morgan fingerprint density at radius 1 is 1.16 bits per heavy atom. The highest BCUT2D eigenvalue weighted by Crippen LogP contribution is 2.36. The van der Waals surface area contributed by atoms with E-state index in [0.717, 1.165) is 11.1 Å². The molecule has 4 rings (SSSR count). The number of nitrogens with two attached hydrogens (primary N) is 1. The van der Waals surface area contributed by atoms with Crippen LogP contribution in [0.25, 0.3) is 22.3 Å². The number of carboxylic acid groups (broad SMARTS) is 1. The number of anilines is 1. The minimum absolute atomic E-state index is 0.0313. The van der Waals surface area contributed by atoms with E-state index in [0.29, 0.717) is 27.9 Å². The van der Waals surface area contributed by atoms with Crippen LogP contribution in [0.3, 0.4) is 0 Å². The molecule has 0 aliphatic heterocycles. The number of carboxylic acids is 1. The maximum Gasteiger partial charge on any atom is 0.337 e. The summed E-state index contributed by atoms with van der Waals surface area (Å²) in [5.74, 6) is -1.11. The Labute approximate surface area is 183 Å². The van der Waals surface area contributed by atoms with E-state index in [9.17, 15) is 14.7 Å². The van der Waals surface area contributed by atoms with Gasteiger partial charge in [-0.2, -0.15) is 0 Å². The highest BCUT2D eigenvalue weighted by atomic mass is 16.5. The molecule has 32 heavy (non-hydrogen) atoms. The molecule has 2 aromatic heterocycles. The standard InChI is InChI=1S/C24H21N3O5/c1-12-7-17(13(2)15-5-4-6-16(21(15)25)23(29)30)22-18(8-12)19(28)9-20(32-22)14-10-26-24(31-3)27-11-14/h4-11,13H,25H2,1-3H3,(H,29,30). The van der Waals surface area contributed by atoms with Crippen molar-refractivity contribution in [1.29, 1.82) is 0 Å². The van der Waals surface area contributed by atoms with Crippen LogP contribution in [-0.2, 0) is 0 Å². The zero-order valence-electron chi connectivity index (χ0n) is 17.7. The normalized spacial score (nSPS) is 12.0. The van der Waals surface area contributed by atoms with Crippen molar-refractivity contribution in [3.63, 3.8) is 0 Å². The van der Waals surface area contributed by atoms with E-state index >= 15 is 0 Å². The molecule has 4 aromatic rings. The van der Waals surface area contributed by atoms with Gasteiger partial charge in [-0.05, 0) is 30.2 Å². The van der Waals surface area contributed by atoms with Crippen molar-refractivity contribution in [3.05, 3.63) is 81.3 Å². The Morgan fingerprint density at radius 2 is 1.88 bits per heavy atom. The number of aromatic nitrogens is 2. The maximum absolute atomic E-state index is 12.9. The molecular weight excluding hydrogens is 410 g/mol. The van der Waals surface area contributed by atoms with Crippen LogP contribution in [0.5, 0.6) is 6.01 Å². The van der Waals surface area contributed by atoms with Gasteiger partial charge in [-0.3, -0.25) is 4.79 Å². The molecule has 1 atom stereocenters. The first-order valence-corrected chi connectivity index (χ1v) is 9.86. The molecule has 0 saturated carbocycles. The maximum atomic E-state index is 12.9. The third kappa shape index (κ3) is 3.66. The van der Waals surface area contributed by atoms with Crippen LogP contribution >= 0.6 is 0 Å². The van der Waals surface area contributed by atoms with Gasteiger partial charge in [-0.1, -0.05) is 25.1 Å². The number of aryl methyl sites for hydroxylation is 1. The summed E-state index contributed by atoms with van der Waals surface area (Å²) >= 11 is 0. The predicted molar refractivity (Wildman–Crippen MR) is 120 cm³/mol. The van der Waals surface area contributed by atoms with E-state index in [1.807, 2.05) is 19.9 Å². The summed E-state index contributed by atoms with van der Waals surface area (Å²) < 4.78 is 11.2. The van der Waals surface area contributed by atoms with Gasteiger partial charge in [0.15, 0.2) is 5.43 Å². The number of hydrogen-bond acceptors (Lipinski definition) is 7. The van der Waals surface area contributed by atoms with E-state index in [1.54, 1.807) is 18.2 Å². The van der Waals surface area contributed by atoms with Crippen LogP contribution in [0.1, 0.15) is 39.9 Å². The predicted octanol–water partition coefficient (Wildman–Crippen LogP) is 4.00. The van der Waals surface area contributed by atoms with Crippen molar-refractivity contribution in [3.8, 4) is 17.3 Å². The van der Waals surface area contributed by atoms with Gasteiger partial charge in [0.1, 0.15) is 11.3 Å². The van der Waals surface area contributed by atoms with Gasteiger partial charge in [0.2, 0.25) is 0 Å². The lowest BCUT2D eigenvalue weighted by Gasteiger charge is -2.18. The molecule has 0 radical (unpaired) electrons. The summed E-state index contributed by atoms with van der Waals surface area (Å²) in [6.07, 6.45) is 3.03. The van der Waals surface area contributed by atoms with Crippen LogP contribution in [0, 0.1) is 6.92 Å². The van der Waals surface area contributed by atoms with Crippen molar-refractivity contribution in [2.75, 3.05) is 12.8 Å². The van der Waals surface area contributed by atoms with Gasteiger partial charge in [0.05, 0.1) is 23.6 Å². The average Bonchev–Trinajstić information content (AvgIpc) is 2.78. The number of benzene rings is 2. The van der Waals surface area contributed by atoms with Crippen LogP contribution in [0.2, 0.25) is 0 Å². The molecule has 3 N–H and O–H groups in total. The molecule has 8 nitrogen and oxygen atoms in total. The number of ether oxygens (including phenoxy) is 1. The van der Waals surface area contributed by atoms with E-state index in [-0.39, 0.29) is 28.6 Å². The van der Waals surface area contributed by atoms with Gasteiger partial charge in [-0.25, -0.2) is 14.8 Å². The second-order valence-electron chi connectivity index (χ2n) is 7.50. The highest BCUT2D eigenvalue weighted by molar-refractivity contribution is 5.95. The third-order valence-electron chi connectivity index (χ3n) is 5.40. The van der Waals surface area contributed by atoms with Crippen molar-refractivity contribution >= 4 is 22.6 Å². The Hall–Kier alpha value is -4.20. The third-order valence-corrected chi connectivity index (χ3v) is 5.40. The van der Waals surface area contributed by atoms with E-state index < -0.39 is 5.97 Å². The van der Waals surface area contributed by atoms with Gasteiger partial charge in [0.25, 0.3) is 0 Å². The van der Waals surface area contributed by atoms with E-state index in [2.05, 4.69) is 9.97 Å². The molecule has 0 fully saturated rings. The van der Waals surface area contributed by atoms with Gasteiger partial charge < -0.3 is 20.0 Å². The summed E-state index contributed by atoms with van der Waals surface area (Å²) in [6, 6.07) is 10.2. The Kier molecular flexibility index (Phi) is 5.36. The molecule has 0 aliphatic rings. The fourth-order valence-electron chi connectivity index (χ4n) is 3.76. The highest BCUT2D eigenvalue weighted by Gasteiger charge is 2.21. The molecule has 2 aromatic carbocycles. The summed E-state index contributed by atoms with van der Waals surface area (Å²) in [5, 5.41) is 9.86. The summed E-state index contributed by atoms with van der Waals surface area (Å²) in [7, 11) is 1.46. The second-order valence-corrected chi connectivity index (χ2v) is 7.50. The van der Waals surface area contributed by atoms with Crippen molar-refractivity contribution < 1.29 is 19.1 Å². The molecule has 2 heterocycles. The van der Waals surface area contributed by atoms with E-state index in [1.165, 1.54) is 31.6 Å². The average molecular weight is 431 g/mol. The first kappa shape index (κ1) is 21.0. The number of hydrogen-bond donors (Lipinski definition) is 2. The zero-order chi connectivity index (χ0) is 23.0. The minimum Gasteiger partial charge on any atom is -0.478 e. The van der Waals surface area contributed by atoms with Crippen LogP contribution in [0.15, 0.2) is 58.0 Å². The number of methoxy groups -OCH3 is 1. The summed E-state index contributed by atoms with van der Waals surface area (Å²) in [6.45, 7) is 3.78. The largest absolute Gasteiger partial charge is 0.478 e. The summed E-state index contributed by atoms with van der Waals surface area (Å²) in [5.41, 5.74) is 9.36. The van der Waals surface area contributed by atoms with Gasteiger partial charge in [-0.15, -0.1) is 0 Å². The first-order chi connectivity index (χ1) is 15.3. The fraction of sp³-hybridized carbons (Fsp3) is 0.167. The zero-order valence-corrected chi connectivity index (χ0v) is 17.7. The topological polar surface area (TPSA) is 129 Å². The number of nitrogen functional groups attached to an aromatic ring is 1. The second kappa shape index (κ2) is 8.14. The van der Waals surface area contributed by atoms with Crippen LogP contribution in [0.4, 0.5) is 5.69 Å². The fourth-order valence-corrected chi connectivity index (χ4v) is 3.76. The molecule has 0 saturated heterocycles. The monoisotopic (exact) mass is 431 g/mol. The van der Waals surface area contributed by atoms with E-state index in [4.69, 9.17) is 14.9 Å². The molecule has 0 amide bonds. The van der Waals surface area contributed by atoms with Crippen molar-refractivity contribution in [2.24, 2.45) is 0 Å². The molecule has 162 valence electrons. The van der Waals surface area contributed by atoms with Crippen molar-refractivity contribution in [2.45, 2.75) is 19.8 Å². The molecule has 0 spiro atoms. The molecule has 1 unspecified atom stereocenters. The Morgan fingerprint density at radius 3 is 2.53 bits per heavy atom. The van der Waals surface area contributed by atoms with Crippen LogP contribution < -0.4 is 15.9 Å². The lowest BCUT2D eigenvalue weighted by Crippen LogP contribution is -2.09. The number of carbonyl (C=O) groups is 1. The molecule has 0 aliphatic carbocycles. The van der Waals surface area contributed by atoms with Gasteiger partial charge in [0, 0.05) is 35.6 Å². The lowest BCUT2D eigenvalue weighted by molar-refractivity contribution is 0.0698. The van der Waals surface area contributed by atoms with Gasteiger partial charge >= 0.3 is 12.0 Å². The number of rotatable bonds is 5. The Balaban J connectivity index is 1.93. The lowest BCUT2D eigenvalue weighted by atomic mass is 9.88. The number of para-hydroxylation sites is 1. The number of nitrogens with zero attached hydrogens (tertiary/aromatic N) is 2. The molecular formula is C24H21N3O5. The first-order valence-electron chi connectivity index (χ1n) is 9.86. The minimum atomic E-state index is -1.10. The quantitative estimate of drug-likeness (QED) is 0.454. The number of fused-ring (bicyclic) bond motifs is 1. The summed E-state index contributed by atoms with van der Waals surface area (Å²) in [4.78, 5) is 32.6. The van der Waals surface area contributed by atoms with Crippen LogP contribution in [-0.4, -0.2) is 28.2 Å². The Bertz CT molecular complexity index is 1390. The smallest absolute Gasteiger partial charge is 0.337 e. The molecule has 0 bridgehead atoms. The van der Waals surface area contributed by atoms with Crippen molar-refractivity contribution in [1.82, 2.24) is 9.97 Å².